The largest absolute Gasteiger partial charge is 0.457 e. The number of nitrogens with zero attached hydrogens (tertiary/aromatic N) is 1. The van der Waals surface area contributed by atoms with Crippen molar-refractivity contribution >= 4 is 5.91 Å². The van der Waals surface area contributed by atoms with Crippen LogP contribution in [0.1, 0.15) is 24.8 Å². The molecule has 0 aromatic heterocycles. The van der Waals surface area contributed by atoms with E-state index in [-0.39, 0.29) is 5.91 Å². The van der Waals surface area contributed by atoms with Crippen LogP contribution < -0.4 is 4.74 Å². The molecular formula is C18H19NO3. The summed E-state index contributed by atoms with van der Waals surface area (Å²) in [5, 5.41) is 10.3. The maximum absolute atomic E-state index is 11.1. The van der Waals surface area contributed by atoms with E-state index in [0.717, 1.165) is 23.0 Å². The van der Waals surface area contributed by atoms with Gasteiger partial charge in [0.05, 0.1) is 6.54 Å². The number of para-hydroxylation sites is 1. The molecule has 2 atom stereocenters. The molecule has 1 aliphatic carbocycles. The first-order chi connectivity index (χ1) is 10.6. The minimum atomic E-state index is -0.313. The number of carbonyl (C=O) groups is 1. The molecule has 0 radical (unpaired) electrons. The van der Waals surface area contributed by atoms with Gasteiger partial charge in [-0.05, 0) is 48.1 Å². The van der Waals surface area contributed by atoms with E-state index < -0.39 is 0 Å². The highest BCUT2D eigenvalue weighted by Crippen LogP contribution is 2.48. The molecule has 0 heterocycles. The standard InChI is InChI=1S/C18H19NO3/c1-13(20)19(21)12-15-11-18(15)14-6-5-9-17(10-14)22-16-7-3-2-4-8-16/h2-10,15,18,21H,11-12H2,1H3. The quantitative estimate of drug-likeness (QED) is 0.674. The van der Waals surface area contributed by atoms with Crippen LogP contribution in [0.5, 0.6) is 11.5 Å². The summed E-state index contributed by atoms with van der Waals surface area (Å²) in [6.45, 7) is 1.76. The van der Waals surface area contributed by atoms with Crippen molar-refractivity contribution in [3.63, 3.8) is 0 Å². The molecule has 1 aliphatic rings. The molecule has 22 heavy (non-hydrogen) atoms. The lowest BCUT2D eigenvalue weighted by atomic mass is 10.1. The molecular weight excluding hydrogens is 278 g/mol. The average Bonchev–Trinajstić information content (AvgIpc) is 3.28. The van der Waals surface area contributed by atoms with Gasteiger partial charge in [-0.1, -0.05) is 30.3 Å². The Hall–Kier alpha value is -2.33. The molecule has 2 aromatic rings. The second kappa shape index (κ2) is 6.20. The van der Waals surface area contributed by atoms with Gasteiger partial charge in [0.25, 0.3) is 0 Å². The minimum Gasteiger partial charge on any atom is -0.457 e. The summed E-state index contributed by atoms with van der Waals surface area (Å²) in [5.74, 6) is 2.01. The molecule has 2 aromatic carbocycles. The van der Waals surface area contributed by atoms with Crippen molar-refractivity contribution in [1.29, 1.82) is 0 Å². The van der Waals surface area contributed by atoms with E-state index in [9.17, 15) is 10.0 Å². The van der Waals surface area contributed by atoms with Gasteiger partial charge in [-0.3, -0.25) is 10.0 Å². The smallest absolute Gasteiger partial charge is 0.242 e. The first-order valence-electron chi connectivity index (χ1n) is 7.43. The van der Waals surface area contributed by atoms with Crippen molar-refractivity contribution in [1.82, 2.24) is 5.06 Å². The van der Waals surface area contributed by atoms with Gasteiger partial charge >= 0.3 is 0 Å². The summed E-state index contributed by atoms with van der Waals surface area (Å²) in [6.07, 6.45) is 0.985. The van der Waals surface area contributed by atoms with Crippen LogP contribution in [0.4, 0.5) is 0 Å². The third-order valence-electron chi connectivity index (χ3n) is 3.96. The van der Waals surface area contributed by atoms with E-state index in [2.05, 4.69) is 6.07 Å². The SMILES string of the molecule is CC(=O)N(O)CC1CC1c1cccc(Oc2ccccc2)c1. The summed E-state index contributed by atoms with van der Waals surface area (Å²) < 4.78 is 5.84. The van der Waals surface area contributed by atoms with Gasteiger partial charge < -0.3 is 4.74 Å². The third kappa shape index (κ3) is 3.46. The van der Waals surface area contributed by atoms with E-state index in [0.29, 0.717) is 18.4 Å². The number of hydroxylamine groups is 2. The molecule has 0 saturated heterocycles. The average molecular weight is 297 g/mol. The minimum absolute atomic E-state index is 0.313. The summed E-state index contributed by atoms with van der Waals surface area (Å²) in [6, 6.07) is 17.7. The van der Waals surface area contributed by atoms with Crippen molar-refractivity contribution in [2.45, 2.75) is 19.3 Å². The molecule has 0 bridgehead atoms. The number of hydrogen-bond acceptors (Lipinski definition) is 3. The zero-order valence-corrected chi connectivity index (χ0v) is 12.5. The zero-order chi connectivity index (χ0) is 15.5. The van der Waals surface area contributed by atoms with Crippen LogP contribution in [0.3, 0.4) is 0 Å². The predicted molar refractivity (Wildman–Crippen MR) is 83.0 cm³/mol. The Kier molecular flexibility index (Phi) is 4.11. The van der Waals surface area contributed by atoms with E-state index in [1.54, 1.807) is 0 Å². The van der Waals surface area contributed by atoms with Gasteiger partial charge in [0.2, 0.25) is 5.91 Å². The highest BCUT2D eigenvalue weighted by molar-refractivity contribution is 5.71. The summed E-state index contributed by atoms with van der Waals surface area (Å²) in [5.41, 5.74) is 1.19. The van der Waals surface area contributed by atoms with Crippen molar-refractivity contribution in [2.24, 2.45) is 5.92 Å². The highest BCUT2D eigenvalue weighted by Gasteiger charge is 2.39. The first-order valence-corrected chi connectivity index (χ1v) is 7.43. The number of amides is 1. The van der Waals surface area contributed by atoms with Crippen LogP contribution in [-0.4, -0.2) is 22.7 Å². The molecule has 4 nitrogen and oxygen atoms in total. The maximum atomic E-state index is 11.1. The van der Waals surface area contributed by atoms with Crippen LogP contribution in [-0.2, 0) is 4.79 Å². The number of hydrogen-bond donors (Lipinski definition) is 1. The van der Waals surface area contributed by atoms with Gasteiger partial charge in [0, 0.05) is 6.92 Å². The second-order valence-electron chi connectivity index (χ2n) is 5.69. The molecule has 114 valence electrons. The number of ether oxygens (including phenoxy) is 1. The molecule has 3 rings (SSSR count). The Labute approximate surface area is 129 Å². The van der Waals surface area contributed by atoms with Crippen LogP contribution in [0, 0.1) is 5.92 Å². The highest BCUT2D eigenvalue weighted by atomic mass is 16.5. The Bertz CT molecular complexity index is 656. The van der Waals surface area contributed by atoms with Crippen LogP contribution in [0.15, 0.2) is 54.6 Å². The van der Waals surface area contributed by atoms with Crippen molar-refractivity contribution in [3.05, 3.63) is 60.2 Å². The van der Waals surface area contributed by atoms with Gasteiger partial charge in [0.15, 0.2) is 0 Å². The van der Waals surface area contributed by atoms with Gasteiger partial charge in [0.1, 0.15) is 11.5 Å². The monoisotopic (exact) mass is 297 g/mol. The number of benzene rings is 2. The van der Waals surface area contributed by atoms with Gasteiger partial charge in [-0.15, -0.1) is 0 Å². The van der Waals surface area contributed by atoms with E-state index in [1.807, 2.05) is 48.5 Å². The molecule has 0 spiro atoms. The summed E-state index contributed by atoms with van der Waals surface area (Å²) in [7, 11) is 0. The fourth-order valence-corrected chi connectivity index (χ4v) is 2.64. The molecule has 4 heteroatoms. The lowest BCUT2D eigenvalue weighted by Crippen LogP contribution is -2.27. The van der Waals surface area contributed by atoms with E-state index >= 15 is 0 Å². The van der Waals surface area contributed by atoms with Gasteiger partial charge in [-0.2, -0.15) is 0 Å². The van der Waals surface area contributed by atoms with Gasteiger partial charge in [-0.25, -0.2) is 5.06 Å². The van der Waals surface area contributed by atoms with E-state index in [4.69, 9.17) is 4.74 Å². The van der Waals surface area contributed by atoms with Crippen molar-refractivity contribution in [3.8, 4) is 11.5 Å². The van der Waals surface area contributed by atoms with Crippen molar-refractivity contribution < 1.29 is 14.7 Å². The topological polar surface area (TPSA) is 49.8 Å². The Balaban J connectivity index is 1.64. The molecule has 1 fully saturated rings. The third-order valence-corrected chi connectivity index (χ3v) is 3.96. The van der Waals surface area contributed by atoms with Crippen LogP contribution >= 0.6 is 0 Å². The fourth-order valence-electron chi connectivity index (χ4n) is 2.64. The molecule has 1 N–H and O–H groups in total. The molecule has 0 aliphatic heterocycles. The zero-order valence-electron chi connectivity index (χ0n) is 12.5. The molecule has 1 amide bonds. The van der Waals surface area contributed by atoms with E-state index in [1.165, 1.54) is 12.5 Å². The fraction of sp³-hybridized carbons (Fsp3) is 0.278. The Morgan fingerprint density at radius 1 is 1.18 bits per heavy atom. The number of carbonyl (C=O) groups excluding carboxylic acids is 1. The van der Waals surface area contributed by atoms with Crippen LogP contribution in [0.25, 0.3) is 0 Å². The van der Waals surface area contributed by atoms with Crippen molar-refractivity contribution in [2.75, 3.05) is 6.54 Å². The normalized spacial score (nSPS) is 19.5. The maximum Gasteiger partial charge on any atom is 0.242 e. The summed E-state index contributed by atoms with van der Waals surface area (Å²) in [4.78, 5) is 11.1. The molecule has 1 saturated carbocycles. The summed E-state index contributed by atoms with van der Waals surface area (Å²) >= 11 is 0. The number of rotatable bonds is 5. The lowest BCUT2D eigenvalue weighted by Gasteiger charge is -2.12. The lowest BCUT2D eigenvalue weighted by molar-refractivity contribution is -0.163. The second-order valence-corrected chi connectivity index (χ2v) is 5.69. The first kappa shape index (κ1) is 14.6. The molecule has 2 unspecified atom stereocenters. The Morgan fingerprint density at radius 3 is 2.64 bits per heavy atom. The Morgan fingerprint density at radius 2 is 1.91 bits per heavy atom. The van der Waals surface area contributed by atoms with Crippen LogP contribution in [0.2, 0.25) is 0 Å². The predicted octanol–water partition coefficient (Wildman–Crippen LogP) is 3.82.